The number of para-hydroxylation sites is 1. The van der Waals surface area contributed by atoms with Crippen molar-refractivity contribution in [3.63, 3.8) is 0 Å². The van der Waals surface area contributed by atoms with Gasteiger partial charge in [-0.1, -0.05) is 12.1 Å². The molecule has 1 aliphatic heterocycles. The molecule has 0 unspecified atom stereocenters. The zero-order valence-electron chi connectivity index (χ0n) is 15.3. The van der Waals surface area contributed by atoms with Gasteiger partial charge in [0.1, 0.15) is 0 Å². The zero-order valence-corrected chi connectivity index (χ0v) is 16.1. The fourth-order valence-corrected chi connectivity index (χ4v) is 4.43. The monoisotopic (exact) mass is 374 g/mol. The van der Waals surface area contributed by atoms with Crippen LogP contribution in [0.1, 0.15) is 31.2 Å². The van der Waals surface area contributed by atoms with E-state index in [9.17, 15) is 9.59 Å². The second kappa shape index (κ2) is 8.60. The number of nitrogens with zero attached hydrogens (tertiary/aromatic N) is 2. The van der Waals surface area contributed by atoms with Gasteiger partial charge < -0.3 is 10.6 Å². The van der Waals surface area contributed by atoms with Crippen LogP contribution in [0.5, 0.6) is 0 Å². The number of thiazole rings is 1. The van der Waals surface area contributed by atoms with Crippen LogP contribution in [0.3, 0.4) is 0 Å². The summed E-state index contributed by atoms with van der Waals surface area (Å²) in [6, 6.07) is 8.66. The lowest BCUT2D eigenvalue weighted by Gasteiger charge is -2.25. The quantitative estimate of drug-likeness (QED) is 0.777. The topological polar surface area (TPSA) is 74.3 Å². The highest BCUT2D eigenvalue weighted by Gasteiger charge is 2.31. The highest BCUT2D eigenvalue weighted by atomic mass is 32.1. The number of hydrogen-bond acceptors (Lipinski definition) is 5. The molecule has 6 nitrogen and oxygen atoms in total. The van der Waals surface area contributed by atoms with Crippen molar-refractivity contribution in [2.45, 2.75) is 44.7 Å². The Hall–Kier alpha value is -1.99. The second-order valence-electron chi connectivity index (χ2n) is 6.87. The number of carbonyl (C=O) groups excluding carboxylic acids is 2. The SMILES string of the molecule is CC(=O)NC[C@H]1CC[C@@H](CC(=O)NCCc2nc3ccccc3s2)N1C. The maximum absolute atomic E-state index is 12.3. The number of nitrogens with one attached hydrogen (secondary N) is 2. The molecule has 1 aromatic carbocycles. The van der Waals surface area contributed by atoms with E-state index in [0.29, 0.717) is 25.6 Å². The van der Waals surface area contributed by atoms with E-state index >= 15 is 0 Å². The Kier molecular flexibility index (Phi) is 6.21. The number of amides is 2. The molecule has 140 valence electrons. The van der Waals surface area contributed by atoms with Gasteiger partial charge in [0.25, 0.3) is 0 Å². The van der Waals surface area contributed by atoms with Gasteiger partial charge in [-0.15, -0.1) is 11.3 Å². The second-order valence-corrected chi connectivity index (χ2v) is 7.98. The minimum atomic E-state index is -0.00515. The fourth-order valence-electron chi connectivity index (χ4n) is 3.47. The van der Waals surface area contributed by atoms with Crippen LogP contribution in [0.25, 0.3) is 10.2 Å². The Morgan fingerprint density at radius 2 is 2.00 bits per heavy atom. The van der Waals surface area contributed by atoms with E-state index in [2.05, 4.69) is 26.6 Å². The fraction of sp³-hybridized carbons (Fsp3) is 0.526. The third-order valence-electron chi connectivity index (χ3n) is 4.99. The summed E-state index contributed by atoms with van der Waals surface area (Å²) < 4.78 is 1.19. The van der Waals surface area contributed by atoms with E-state index in [1.807, 2.05) is 25.2 Å². The Labute approximate surface area is 158 Å². The summed E-state index contributed by atoms with van der Waals surface area (Å²) in [6.45, 7) is 2.80. The minimum Gasteiger partial charge on any atom is -0.356 e. The molecule has 0 bridgehead atoms. The van der Waals surface area contributed by atoms with Gasteiger partial charge in [0, 0.05) is 44.9 Å². The molecule has 1 fully saturated rings. The number of fused-ring (bicyclic) bond motifs is 1. The van der Waals surface area contributed by atoms with Crippen molar-refractivity contribution in [3.8, 4) is 0 Å². The van der Waals surface area contributed by atoms with Crippen LogP contribution in [0.4, 0.5) is 0 Å². The molecule has 3 rings (SSSR count). The molecule has 2 heterocycles. The maximum atomic E-state index is 12.3. The van der Waals surface area contributed by atoms with E-state index in [1.54, 1.807) is 11.3 Å². The molecule has 0 saturated carbocycles. The van der Waals surface area contributed by atoms with Gasteiger partial charge in [-0.25, -0.2) is 4.98 Å². The average Bonchev–Trinajstić information content (AvgIpc) is 3.17. The molecule has 1 aliphatic rings. The molecule has 26 heavy (non-hydrogen) atoms. The molecule has 0 spiro atoms. The summed E-state index contributed by atoms with van der Waals surface area (Å²) in [7, 11) is 2.04. The van der Waals surface area contributed by atoms with Crippen molar-refractivity contribution in [2.75, 3.05) is 20.1 Å². The normalized spacial score (nSPS) is 20.4. The lowest BCUT2D eigenvalue weighted by atomic mass is 10.1. The summed E-state index contributed by atoms with van der Waals surface area (Å²) in [5.41, 5.74) is 1.02. The highest BCUT2D eigenvalue weighted by Crippen LogP contribution is 2.24. The van der Waals surface area contributed by atoms with Gasteiger partial charge in [-0.3, -0.25) is 14.5 Å². The van der Waals surface area contributed by atoms with Crippen molar-refractivity contribution >= 4 is 33.4 Å². The molecule has 0 radical (unpaired) electrons. The number of benzene rings is 1. The van der Waals surface area contributed by atoms with Crippen LogP contribution < -0.4 is 10.6 Å². The van der Waals surface area contributed by atoms with Gasteiger partial charge in [0.15, 0.2) is 0 Å². The van der Waals surface area contributed by atoms with Crippen molar-refractivity contribution < 1.29 is 9.59 Å². The number of aromatic nitrogens is 1. The lowest BCUT2D eigenvalue weighted by Crippen LogP contribution is -2.42. The molecular weight excluding hydrogens is 348 g/mol. The Bertz CT molecular complexity index is 743. The third-order valence-corrected chi connectivity index (χ3v) is 6.09. The van der Waals surface area contributed by atoms with Crippen molar-refractivity contribution in [1.29, 1.82) is 0 Å². The summed E-state index contributed by atoms with van der Waals surface area (Å²) in [5.74, 6) is 0.0811. The molecule has 1 saturated heterocycles. The minimum absolute atomic E-state index is 0.00515. The molecule has 7 heteroatoms. The molecule has 1 aromatic heterocycles. The molecule has 0 aliphatic carbocycles. The zero-order chi connectivity index (χ0) is 18.5. The first-order valence-corrected chi connectivity index (χ1v) is 9.92. The van der Waals surface area contributed by atoms with Crippen LogP contribution in [-0.2, 0) is 16.0 Å². The van der Waals surface area contributed by atoms with E-state index in [4.69, 9.17) is 0 Å². The number of hydrogen-bond donors (Lipinski definition) is 2. The number of carbonyl (C=O) groups is 2. The van der Waals surface area contributed by atoms with Crippen molar-refractivity contribution in [3.05, 3.63) is 29.3 Å². The molecular formula is C19H26N4O2S. The van der Waals surface area contributed by atoms with Crippen molar-refractivity contribution in [2.24, 2.45) is 0 Å². The number of likely N-dealkylation sites (tertiary alicyclic amines) is 1. The Balaban J connectivity index is 1.40. The smallest absolute Gasteiger partial charge is 0.221 e. The summed E-state index contributed by atoms with van der Waals surface area (Å²) in [4.78, 5) is 30.1. The number of likely N-dealkylation sites (N-methyl/N-ethyl adjacent to an activating group) is 1. The molecule has 2 atom stereocenters. The first-order valence-electron chi connectivity index (χ1n) is 9.10. The molecule has 2 aromatic rings. The lowest BCUT2D eigenvalue weighted by molar-refractivity contribution is -0.122. The Morgan fingerprint density at radius 1 is 1.23 bits per heavy atom. The van der Waals surface area contributed by atoms with Crippen LogP contribution in [-0.4, -0.2) is 53.9 Å². The van der Waals surface area contributed by atoms with E-state index in [1.165, 1.54) is 11.6 Å². The first-order chi connectivity index (χ1) is 12.5. The summed E-state index contributed by atoms with van der Waals surface area (Å²) in [6.07, 6.45) is 3.27. The summed E-state index contributed by atoms with van der Waals surface area (Å²) >= 11 is 1.69. The van der Waals surface area contributed by atoms with Crippen LogP contribution in [0.2, 0.25) is 0 Å². The third kappa shape index (κ3) is 4.80. The van der Waals surface area contributed by atoms with E-state index in [0.717, 1.165) is 29.8 Å². The largest absolute Gasteiger partial charge is 0.356 e. The van der Waals surface area contributed by atoms with Gasteiger partial charge in [0.2, 0.25) is 11.8 Å². The summed E-state index contributed by atoms with van der Waals surface area (Å²) in [5, 5.41) is 6.94. The molecule has 2 amide bonds. The van der Waals surface area contributed by atoms with Gasteiger partial charge in [0.05, 0.1) is 15.2 Å². The standard InChI is InChI=1S/C19H26N4O2S/c1-13(24)21-12-15-8-7-14(23(15)2)11-18(25)20-10-9-19-22-16-5-3-4-6-17(16)26-19/h3-6,14-15H,7-12H2,1-2H3,(H,20,25)(H,21,24)/t14-,15+/m0/s1. The van der Waals surface area contributed by atoms with Gasteiger partial charge in [-0.2, -0.15) is 0 Å². The van der Waals surface area contributed by atoms with Crippen molar-refractivity contribution in [1.82, 2.24) is 20.5 Å². The van der Waals surface area contributed by atoms with Crippen LogP contribution >= 0.6 is 11.3 Å². The Morgan fingerprint density at radius 3 is 2.77 bits per heavy atom. The predicted molar refractivity (Wildman–Crippen MR) is 104 cm³/mol. The van der Waals surface area contributed by atoms with Crippen LogP contribution in [0, 0.1) is 0 Å². The first kappa shape index (κ1) is 18.8. The highest BCUT2D eigenvalue weighted by molar-refractivity contribution is 7.18. The van der Waals surface area contributed by atoms with Gasteiger partial charge in [-0.05, 0) is 32.0 Å². The maximum Gasteiger partial charge on any atom is 0.221 e. The van der Waals surface area contributed by atoms with Gasteiger partial charge >= 0.3 is 0 Å². The van der Waals surface area contributed by atoms with Crippen LogP contribution in [0.15, 0.2) is 24.3 Å². The predicted octanol–water partition coefficient (Wildman–Crippen LogP) is 1.94. The molecule has 2 N–H and O–H groups in total. The average molecular weight is 375 g/mol. The van der Waals surface area contributed by atoms with E-state index in [-0.39, 0.29) is 17.9 Å². The van der Waals surface area contributed by atoms with E-state index < -0.39 is 0 Å². The number of rotatable bonds is 7.